The molecule has 1 saturated heterocycles. The summed E-state index contributed by atoms with van der Waals surface area (Å²) in [7, 11) is 0. The van der Waals surface area contributed by atoms with Crippen molar-refractivity contribution in [3.63, 3.8) is 0 Å². The third kappa shape index (κ3) is 6.70. The molecule has 0 bridgehead atoms. The van der Waals surface area contributed by atoms with E-state index in [9.17, 15) is 14.4 Å². The molecule has 2 aromatic rings. The Hall–Kier alpha value is -3.61. The van der Waals surface area contributed by atoms with Gasteiger partial charge in [0, 0.05) is 39.2 Å². The van der Waals surface area contributed by atoms with E-state index in [0.717, 1.165) is 16.9 Å². The van der Waals surface area contributed by atoms with E-state index in [0.29, 0.717) is 32.8 Å². The van der Waals surface area contributed by atoms with Crippen LogP contribution in [0.15, 0.2) is 60.7 Å². The Kier molecular flexibility index (Phi) is 8.02. The zero-order chi connectivity index (χ0) is 22.9. The first-order chi connectivity index (χ1) is 15.4. The number of nitrogens with zero attached hydrogens (tertiary/aromatic N) is 2. The van der Waals surface area contributed by atoms with Gasteiger partial charge in [-0.2, -0.15) is 0 Å². The van der Waals surface area contributed by atoms with Crippen LogP contribution in [0.25, 0.3) is 6.08 Å². The zero-order valence-corrected chi connectivity index (χ0v) is 18.4. The van der Waals surface area contributed by atoms with E-state index in [1.807, 2.05) is 54.6 Å². The van der Waals surface area contributed by atoms with Crippen LogP contribution in [-0.4, -0.2) is 59.9 Å². The minimum Gasteiger partial charge on any atom is -0.489 e. The molecular weight excluding hydrogens is 408 g/mol. The quantitative estimate of drug-likeness (QED) is 0.493. The van der Waals surface area contributed by atoms with Crippen LogP contribution in [0.4, 0.5) is 0 Å². The van der Waals surface area contributed by atoms with Gasteiger partial charge < -0.3 is 19.3 Å². The number of hydrogen-bond donors (Lipinski definition) is 0. The fourth-order valence-electron chi connectivity index (χ4n) is 3.34. The van der Waals surface area contributed by atoms with E-state index >= 15 is 0 Å². The maximum atomic E-state index is 12.5. The summed E-state index contributed by atoms with van der Waals surface area (Å²) >= 11 is 0. The van der Waals surface area contributed by atoms with Crippen LogP contribution < -0.4 is 4.74 Å². The lowest BCUT2D eigenvalue weighted by Gasteiger charge is -2.35. The van der Waals surface area contributed by atoms with Crippen molar-refractivity contribution in [1.82, 2.24) is 9.80 Å². The maximum Gasteiger partial charge on any atom is 0.331 e. The number of rotatable bonds is 7. The van der Waals surface area contributed by atoms with Crippen LogP contribution in [0.3, 0.4) is 0 Å². The number of carbonyl (C=O) groups excluding carboxylic acids is 3. The van der Waals surface area contributed by atoms with Crippen LogP contribution in [0, 0.1) is 0 Å². The number of amides is 2. The summed E-state index contributed by atoms with van der Waals surface area (Å²) in [5, 5.41) is 0. The van der Waals surface area contributed by atoms with E-state index in [2.05, 4.69) is 0 Å². The Bertz CT molecular complexity index is 948. The van der Waals surface area contributed by atoms with Crippen LogP contribution in [0.2, 0.25) is 0 Å². The Morgan fingerprint density at radius 1 is 0.938 bits per heavy atom. The lowest BCUT2D eigenvalue weighted by atomic mass is 10.2. The molecule has 0 aliphatic carbocycles. The summed E-state index contributed by atoms with van der Waals surface area (Å²) in [5.41, 5.74) is 1.90. The SMILES string of the molecule is CC(=O)N1CCN(C(=O)C(C)OC(=O)/C=C/c2ccc(OCc3ccccc3)cc2)CC1. The molecule has 1 aliphatic rings. The third-order valence-corrected chi connectivity index (χ3v) is 5.22. The van der Waals surface area contributed by atoms with Crippen LogP contribution in [0.1, 0.15) is 25.0 Å². The number of hydrogen-bond acceptors (Lipinski definition) is 5. The summed E-state index contributed by atoms with van der Waals surface area (Å²) in [6, 6.07) is 17.2. The van der Waals surface area contributed by atoms with Crippen molar-refractivity contribution in [3.8, 4) is 5.75 Å². The summed E-state index contributed by atoms with van der Waals surface area (Å²) < 4.78 is 11.0. The van der Waals surface area contributed by atoms with Gasteiger partial charge in [-0.3, -0.25) is 9.59 Å². The van der Waals surface area contributed by atoms with E-state index in [1.165, 1.54) is 13.0 Å². The Labute approximate surface area is 188 Å². The second-order valence-corrected chi connectivity index (χ2v) is 7.59. The monoisotopic (exact) mass is 436 g/mol. The fourth-order valence-corrected chi connectivity index (χ4v) is 3.34. The minimum atomic E-state index is -0.884. The topological polar surface area (TPSA) is 76.2 Å². The predicted octanol–water partition coefficient (Wildman–Crippen LogP) is 2.90. The lowest BCUT2D eigenvalue weighted by Crippen LogP contribution is -2.52. The molecule has 32 heavy (non-hydrogen) atoms. The molecule has 2 amide bonds. The minimum absolute atomic E-state index is 0.00231. The number of carbonyl (C=O) groups is 3. The molecule has 3 rings (SSSR count). The van der Waals surface area contributed by atoms with Gasteiger partial charge in [-0.15, -0.1) is 0 Å². The summed E-state index contributed by atoms with van der Waals surface area (Å²) in [6.07, 6.45) is 2.05. The molecule has 1 heterocycles. The van der Waals surface area contributed by atoms with Crippen LogP contribution in [-0.2, 0) is 25.7 Å². The van der Waals surface area contributed by atoms with Gasteiger partial charge in [0.2, 0.25) is 5.91 Å². The van der Waals surface area contributed by atoms with Gasteiger partial charge in [0.25, 0.3) is 5.91 Å². The highest BCUT2D eigenvalue weighted by Gasteiger charge is 2.27. The van der Waals surface area contributed by atoms with Gasteiger partial charge in [0.1, 0.15) is 12.4 Å². The van der Waals surface area contributed by atoms with Crippen molar-refractivity contribution in [1.29, 1.82) is 0 Å². The molecule has 1 aliphatic heterocycles. The Balaban J connectivity index is 1.44. The summed E-state index contributed by atoms with van der Waals surface area (Å²) in [4.78, 5) is 39.3. The number of piperazine rings is 1. The molecule has 0 radical (unpaired) electrons. The Morgan fingerprint density at radius 3 is 2.19 bits per heavy atom. The van der Waals surface area contributed by atoms with Crippen molar-refractivity contribution in [2.45, 2.75) is 26.6 Å². The Morgan fingerprint density at radius 2 is 1.56 bits per heavy atom. The van der Waals surface area contributed by atoms with E-state index < -0.39 is 12.1 Å². The molecule has 7 nitrogen and oxygen atoms in total. The standard InChI is InChI=1S/C25H28N2O5/c1-19(25(30)27-16-14-26(15-17-27)20(2)28)32-24(29)13-10-21-8-11-23(12-9-21)31-18-22-6-4-3-5-7-22/h3-13,19H,14-18H2,1-2H3/b13-10+. The average Bonchev–Trinajstić information content (AvgIpc) is 2.82. The van der Waals surface area contributed by atoms with E-state index in [-0.39, 0.29) is 11.8 Å². The zero-order valence-electron chi connectivity index (χ0n) is 18.4. The van der Waals surface area contributed by atoms with Crippen molar-refractivity contribution in [2.75, 3.05) is 26.2 Å². The second-order valence-electron chi connectivity index (χ2n) is 7.59. The van der Waals surface area contributed by atoms with Crippen molar-refractivity contribution in [2.24, 2.45) is 0 Å². The second kappa shape index (κ2) is 11.1. The van der Waals surface area contributed by atoms with Gasteiger partial charge in [0.15, 0.2) is 6.10 Å². The maximum absolute atomic E-state index is 12.5. The summed E-state index contributed by atoms with van der Waals surface area (Å²) in [6.45, 7) is 5.42. The molecule has 0 N–H and O–H groups in total. The molecule has 1 atom stereocenters. The van der Waals surface area contributed by atoms with Crippen LogP contribution >= 0.6 is 0 Å². The molecular formula is C25H28N2O5. The van der Waals surface area contributed by atoms with Crippen molar-refractivity contribution in [3.05, 3.63) is 71.8 Å². The molecule has 0 spiro atoms. The van der Waals surface area contributed by atoms with Gasteiger partial charge in [-0.05, 0) is 36.3 Å². The molecule has 0 saturated carbocycles. The highest BCUT2D eigenvalue weighted by Crippen LogP contribution is 2.15. The highest BCUT2D eigenvalue weighted by atomic mass is 16.5. The highest BCUT2D eigenvalue weighted by molar-refractivity contribution is 5.90. The van der Waals surface area contributed by atoms with Gasteiger partial charge in [-0.1, -0.05) is 42.5 Å². The molecule has 1 unspecified atom stereocenters. The molecule has 168 valence electrons. The van der Waals surface area contributed by atoms with Gasteiger partial charge in [0.05, 0.1) is 0 Å². The van der Waals surface area contributed by atoms with E-state index in [1.54, 1.807) is 22.8 Å². The molecule has 1 fully saturated rings. The first-order valence-electron chi connectivity index (χ1n) is 10.6. The molecule has 2 aromatic carbocycles. The van der Waals surface area contributed by atoms with Crippen molar-refractivity contribution < 1.29 is 23.9 Å². The fraction of sp³-hybridized carbons (Fsp3) is 0.320. The predicted molar refractivity (Wildman–Crippen MR) is 121 cm³/mol. The van der Waals surface area contributed by atoms with Crippen LogP contribution in [0.5, 0.6) is 5.75 Å². The van der Waals surface area contributed by atoms with Crippen molar-refractivity contribution >= 4 is 23.9 Å². The summed E-state index contributed by atoms with van der Waals surface area (Å²) in [5.74, 6) is -0.109. The normalized spacial score (nSPS) is 14.8. The number of benzene rings is 2. The molecule has 0 aromatic heterocycles. The number of esters is 1. The molecule has 7 heteroatoms. The van der Waals surface area contributed by atoms with Gasteiger partial charge in [-0.25, -0.2) is 4.79 Å². The number of ether oxygens (including phenoxy) is 2. The first kappa shape index (κ1) is 23.1. The average molecular weight is 437 g/mol. The lowest BCUT2D eigenvalue weighted by molar-refractivity contribution is -0.156. The first-order valence-corrected chi connectivity index (χ1v) is 10.6. The smallest absolute Gasteiger partial charge is 0.331 e. The van der Waals surface area contributed by atoms with E-state index in [4.69, 9.17) is 9.47 Å². The van der Waals surface area contributed by atoms with Gasteiger partial charge >= 0.3 is 5.97 Å². The largest absolute Gasteiger partial charge is 0.489 e. The third-order valence-electron chi connectivity index (χ3n) is 5.22.